The summed E-state index contributed by atoms with van der Waals surface area (Å²) in [6, 6.07) is 0. The Hall–Kier alpha value is -1.94. The Bertz CT molecular complexity index is 1870. The molecular weight excluding hydrogens is 1270 g/mol. The first kappa shape index (κ1) is 95.1. The second kappa shape index (κ2) is 69.8. The van der Waals surface area contributed by atoms with Gasteiger partial charge in [-0.05, 0) is 37.5 Å². The molecule has 0 fully saturated rings. The van der Waals surface area contributed by atoms with Gasteiger partial charge < -0.3 is 33.8 Å². The van der Waals surface area contributed by atoms with Crippen molar-refractivity contribution >= 4 is 39.5 Å². The first-order valence-electron chi connectivity index (χ1n) is 40.5. The van der Waals surface area contributed by atoms with Crippen LogP contribution < -0.4 is 0 Å². The van der Waals surface area contributed by atoms with E-state index in [1.807, 2.05) is 0 Å². The molecule has 3 N–H and O–H groups in total. The molecule has 19 heteroatoms. The molecule has 0 saturated carbocycles. The molecule has 0 radical (unpaired) electrons. The highest BCUT2D eigenvalue weighted by atomic mass is 31.2. The van der Waals surface area contributed by atoms with Crippen LogP contribution in [-0.2, 0) is 65.4 Å². The molecule has 0 aliphatic carbocycles. The highest BCUT2D eigenvalue weighted by molar-refractivity contribution is 7.47. The van der Waals surface area contributed by atoms with Crippen LogP contribution in [-0.4, -0.2) is 96.7 Å². The minimum Gasteiger partial charge on any atom is -0.462 e. The van der Waals surface area contributed by atoms with Crippen molar-refractivity contribution in [3.63, 3.8) is 0 Å². The van der Waals surface area contributed by atoms with Crippen LogP contribution in [0.3, 0.4) is 0 Å². The lowest BCUT2D eigenvalue weighted by Crippen LogP contribution is -2.30. The smallest absolute Gasteiger partial charge is 0.462 e. The van der Waals surface area contributed by atoms with Crippen molar-refractivity contribution in [2.45, 2.75) is 426 Å². The zero-order chi connectivity index (χ0) is 71.4. The molecule has 17 nitrogen and oxygen atoms in total. The number of rotatable bonds is 77. The lowest BCUT2D eigenvalue weighted by Gasteiger charge is -2.21. The van der Waals surface area contributed by atoms with E-state index in [-0.39, 0.29) is 25.7 Å². The molecule has 0 saturated heterocycles. The zero-order valence-corrected chi connectivity index (χ0v) is 65.2. The number of phosphoric acid groups is 2. The fourth-order valence-corrected chi connectivity index (χ4v) is 13.6. The average Bonchev–Trinajstić information content (AvgIpc) is 1.09. The van der Waals surface area contributed by atoms with Gasteiger partial charge >= 0.3 is 39.5 Å². The summed E-state index contributed by atoms with van der Waals surface area (Å²) in [5.41, 5.74) is 0. The zero-order valence-electron chi connectivity index (χ0n) is 63.4. The van der Waals surface area contributed by atoms with Crippen molar-refractivity contribution in [2.24, 2.45) is 11.8 Å². The van der Waals surface area contributed by atoms with Crippen LogP contribution >= 0.6 is 15.6 Å². The Morgan fingerprint density at radius 1 is 0.299 bits per heavy atom. The summed E-state index contributed by atoms with van der Waals surface area (Å²) >= 11 is 0. The number of hydrogen-bond donors (Lipinski definition) is 3. The van der Waals surface area contributed by atoms with Crippen molar-refractivity contribution in [1.82, 2.24) is 0 Å². The van der Waals surface area contributed by atoms with E-state index in [0.29, 0.717) is 25.7 Å². The number of ether oxygens (including phenoxy) is 4. The third-order valence-electron chi connectivity index (χ3n) is 18.6. The Kier molecular flexibility index (Phi) is 68.4. The number of carbonyl (C=O) groups is 4. The minimum atomic E-state index is -4.96. The number of unbranched alkanes of at least 4 members (excludes halogenated alkanes) is 46. The number of aliphatic hydroxyl groups is 1. The molecule has 0 spiro atoms. The largest absolute Gasteiger partial charge is 0.472 e. The molecule has 0 aromatic rings. The van der Waals surface area contributed by atoms with Crippen molar-refractivity contribution in [3.05, 3.63) is 0 Å². The predicted octanol–water partition coefficient (Wildman–Crippen LogP) is 23.1. The molecule has 0 aliphatic heterocycles. The lowest BCUT2D eigenvalue weighted by molar-refractivity contribution is -0.161. The van der Waals surface area contributed by atoms with Crippen molar-refractivity contribution in [1.29, 1.82) is 0 Å². The molecule has 0 aromatic carbocycles. The maximum absolute atomic E-state index is 13.1. The van der Waals surface area contributed by atoms with Gasteiger partial charge in [-0.1, -0.05) is 356 Å². The number of carbonyl (C=O) groups excluding carboxylic acids is 4. The van der Waals surface area contributed by atoms with Gasteiger partial charge in [0, 0.05) is 25.7 Å². The van der Waals surface area contributed by atoms with Crippen LogP contribution in [0.25, 0.3) is 0 Å². The molecule has 576 valence electrons. The second-order valence-corrected chi connectivity index (χ2v) is 31.7. The molecule has 0 rings (SSSR count). The van der Waals surface area contributed by atoms with E-state index in [9.17, 15) is 43.2 Å². The Morgan fingerprint density at radius 3 is 0.784 bits per heavy atom. The van der Waals surface area contributed by atoms with Crippen LogP contribution in [0, 0.1) is 11.8 Å². The predicted molar refractivity (Wildman–Crippen MR) is 395 cm³/mol. The molecule has 0 heterocycles. The van der Waals surface area contributed by atoms with Crippen molar-refractivity contribution < 1.29 is 80.2 Å². The van der Waals surface area contributed by atoms with E-state index < -0.39 is 97.5 Å². The Labute approximate surface area is 594 Å². The molecule has 97 heavy (non-hydrogen) atoms. The SMILES string of the molecule is CCCCCCCCCCCCCCCCCC(=O)OC[C@H](COP(=O)(O)OC[C@@H](O)COP(=O)(O)OC[C@@H](COC(=O)CCCCCCCCC(C)CC)OC(=O)CCCCCCCCCCCCCCCC)OC(=O)CCCCCCCCCCCCCCCCCC(C)C. The van der Waals surface area contributed by atoms with Crippen LogP contribution in [0.4, 0.5) is 0 Å². The number of hydrogen-bond acceptors (Lipinski definition) is 15. The van der Waals surface area contributed by atoms with Gasteiger partial charge in [-0.15, -0.1) is 0 Å². The standard InChI is InChI=1S/C78H152O17P2/c1-7-10-12-14-16-18-20-22-25-30-33-37-41-48-54-60-75(80)88-66-73(94-77(82)63-57-51-43-39-35-31-27-24-26-28-32-36-40-46-52-58-70(4)5)68-92-96(84,85)90-64-72(79)65-91-97(86,87)93-69-74(67-89-76(81)61-55-49-45-44-47-53-59-71(6)9-3)95-78(83)62-56-50-42-38-34-29-23-21-19-17-15-13-11-8-2/h70-74,79H,7-69H2,1-6H3,(H,84,85)(H,86,87)/t71?,72-,73-,74-/m1/s1. The van der Waals surface area contributed by atoms with E-state index in [1.165, 1.54) is 218 Å². The van der Waals surface area contributed by atoms with Gasteiger partial charge in [-0.2, -0.15) is 0 Å². The molecule has 6 atom stereocenters. The van der Waals surface area contributed by atoms with E-state index in [4.69, 9.17) is 37.0 Å². The molecule has 0 aromatic heterocycles. The lowest BCUT2D eigenvalue weighted by atomic mass is 10.00. The topological polar surface area (TPSA) is 237 Å². The third-order valence-corrected chi connectivity index (χ3v) is 20.5. The summed E-state index contributed by atoms with van der Waals surface area (Å²) in [6.45, 7) is 9.61. The first-order valence-corrected chi connectivity index (χ1v) is 43.5. The van der Waals surface area contributed by atoms with E-state index in [2.05, 4.69) is 41.5 Å². The Morgan fingerprint density at radius 2 is 0.526 bits per heavy atom. The van der Waals surface area contributed by atoms with Gasteiger partial charge in [-0.3, -0.25) is 37.3 Å². The molecule has 0 aliphatic rings. The van der Waals surface area contributed by atoms with Gasteiger partial charge in [-0.25, -0.2) is 9.13 Å². The van der Waals surface area contributed by atoms with Crippen LogP contribution in [0.1, 0.15) is 408 Å². The molecular formula is C78H152O17P2. The average molecular weight is 1420 g/mol. The monoisotopic (exact) mass is 1420 g/mol. The molecule has 0 bridgehead atoms. The molecule has 0 amide bonds. The number of aliphatic hydroxyl groups excluding tert-OH is 1. The molecule has 3 unspecified atom stereocenters. The van der Waals surface area contributed by atoms with Crippen molar-refractivity contribution in [2.75, 3.05) is 39.6 Å². The van der Waals surface area contributed by atoms with E-state index in [1.54, 1.807) is 0 Å². The first-order chi connectivity index (χ1) is 46.9. The van der Waals surface area contributed by atoms with Gasteiger partial charge in [0.15, 0.2) is 12.2 Å². The normalized spacial score (nSPS) is 14.2. The summed E-state index contributed by atoms with van der Waals surface area (Å²) in [7, 11) is -9.91. The quantitative estimate of drug-likeness (QED) is 0.0222. The van der Waals surface area contributed by atoms with Crippen LogP contribution in [0.15, 0.2) is 0 Å². The van der Waals surface area contributed by atoms with Gasteiger partial charge in [0.25, 0.3) is 0 Å². The Balaban J connectivity index is 5.25. The fraction of sp³-hybridized carbons (Fsp3) is 0.949. The summed E-state index contributed by atoms with van der Waals surface area (Å²) < 4.78 is 68.6. The third kappa shape index (κ3) is 70.9. The summed E-state index contributed by atoms with van der Waals surface area (Å²) in [6.07, 6.45) is 58.2. The maximum Gasteiger partial charge on any atom is 0.472 e. The van der Waals surface area contributed by atoms with E-state index >= 15 is 0 Å². The summed E-state index contributed by atoms with van der Waals surface area (Å²) in [4.78, 5) is 72.9. The van der Waals surface area contributed by atoms with E-state index in [0.717, 1.165) is 108 Å². The highest BCUT2D eigenvalue weighted by Gasteiger charge is 2.30. The summed E-state index contributed by atoms with van der Waals surface area (Å²) in [5, 5.41) is 10.6. The second-order valence-electron chi connectivity index (χ2n) is 28.8. The fourth-order valence-electron chi connectivity index (χ4n) is 12.0. The minimum absolute atomic E-state index is 0.107. The van der Waals surface area contributed by atoms with Gasteiger partial charge in [0.1, 0.15) is 19.3 Å². The van der Waals surface area contributed by atoms with Crippen LogP contribution in [0.2, 0.25) is 0 Å². The number of esters is 4. The van der Waals surface area contributed by atoms with Crippen molar-refractivity contribution in [3.8, 4) is 0 Å². The van der Waals surface area contributed by atoms with Gasteiger partial charge in [0.05, 0.1) is 26.4 Å². The summed E-state index contributed by atoms with van der Waals surface area (Å²) in [5.74, 6) is -0.578. The van der Waals surface area contributed by atoms with Gasteiger partial charge in [0.2, 0.25) is 0 Å². The maximum atomic E-state index is 13.1. The highest BCUT2D eigenvalue weighted by Crippen LogP contribution is 2.45. The number of phosphoric ester groups is 2. The van der Waals surface area contributed by atoms with Crippen LogP contribution in [0.5, 0.6) is 0 Å².